The fourth-order valence-corrected chi connectivity index (χ4v) is 4.19. The van der Waals surface area contributed by atoms with Gasteiger partial charge in [-0.25, -0.2) is 4.79 Å². The topological polar surface area (TPSA) is 112 Å². The number of aromatic amines is 1. The minimum Gasteiger partial charge on any atom is -0.480 e. The molecule has 8 nitrogen and oxygen atoms in total. The van der Waals surface area contributed by atoms with Gasteiger partial charge in [-0.05, 0) is 50.7 Å². The molecular weight excluding hydrogens is 430 g/mol. The molecule has 34 heavy (non-hydrogen) atoms. The van der Waals surface area contributed by atoms with Crippen molar-refractivity contribution in [1.82, 2.24) is 25.5 Å². The highest BCUT2D eigenvalue weighted by Gasteiger charge is 2.31. The Hall–Kier alpha value is -4.07. The number of H-pyrrole nitrogens is 1. The Morgan fingerprint density at radius 3 is 2.21 bits per heavy atom. The Kier molecular flexibility index (Phi) is 6.67. The highest BCUT2D eigenvalue weighted by atomic mass is 16.4. The van der Waals surface area contributed by atoms with E-state index in [1.54, 1.807) is 6.92 Å². The predicted molar refractivity (Wildman–Crippen MR) is 130 cm³/mol. The van der Waals surface area contributed by atoms with Crippen LogP contribution in [0, 0.1) is 5.92 Å². The lowest BCUT2D eigenvalue weighted by Gasteiger charge is -2.31. The molecule has 8 heteroatoms. The zero-order valence-corrected chi connectivity index (χ0v) is 19.4. The molecule has 1 unspecified atom stereocenters. The van der Waals surface area contributed by atoms with Gasteiger partial charge in [-0.15, -0.1) is 10.2 Å². The number of rotatable bonds is 8. The maximum Gasteiger partial charge on any atom is 0.326 e. The van der Waals surface area contributed by atoms with Crippen LogP contribution in [0.5, 0.6) is 0 Å². The molecule has 174 valence electrons. The summed E-state index contributed by atoms with van der Waals surface area (Å²) in [6.07, 6.45) is 0.263. The highest BCUT2D eigenvalue weighted by molar-refractivity contribution is 5.88. The van der Waals surface area contributed by atoms with E-state index in [9.17, 15) is 14.7 Å². The number of carboxylic acid groups (broad SMARTS) is 1. The summed E-state index contributed by atoms with van der Waals surface area (Å²) >= 11 is 0. The molecule has 2 N–H and O–H groups in total. The molecule has 0 spiro atoms. The number of aromatic nitrogens is 4. The van der Waals surface area contributed by atoms with Gasteiger partial charge in [0.05, 0.1) is 0 Å². The number of hydrogen-bond donors (Lipinski definition) is 2. The van der Waals surface area contributed by atoms with Gasteiger partial charge < -0.3 is 10.0 Å². The number of aliphatic carboxylic acids is 1. The van der Waals surface area contributed by atoms with Crippen molar-refractivity contribution in [3.05, 3.63) is 66.2 Å². The molecule has 0 radical (unpaired) electrons. The van der Waals surface area contributed by atoms with Gasteiger partial charge in [0.2, 0.25) is 11.7 Å². The smallest absolute Gasteiger partial charge is 0.326 e. The lowest BCUT2D eigenvalue weighted by Crippen LogP contribution is -2.47. The fraction of sp³-hybridized carbons (Fsp3) is 0.269. The van der Waals surface area contributed by atoms with Crippen LogP contribution in [-0.4, -0.2) is 48.5 Å². The Bertz CT molecular complexity index is 1300. The summed E-state index contributed by atoms with van der Waals surface area (Å²) in [6, 6.07) is 19.3. The number of fused-ring (bicyclic) bond motifs is 1. The Morgan fingerprint density at radius 1 is 0.941 bits per heavy atom. The number of carboxylic acids is 1. The van der Waals surface area contributed by atoms with Gasteiger partial charge in [-0.3, -0.25) is 4.79 Å². The lowest BCUT2D eigenvalue weighted by atomic mass is 9.98. The summed E-state index contributed by atoms with van der Waals surface area (Å²) < 4.78 is 0. The van der Waals surface area contributed by atoms with E-state index in [-0.39, 0.29) is 24.8 Å². The second kappa shape index (κ2) is 9.82. The molecule has 0 aliphatic heterocycles. The third kappa shape index (κ3) is 4.80. The Morgan fingerprint density at radius 2 is 1.59 bits per heavy atom. The summed E-state index contributed by atoms with van der Waals surface area (Å²) in [6.45, 7) is 5.67. The normalized spacial score (nSPS) is 12.1. The Balaban J connectivity index is 1.59. The summed E-state index contributed by atoms with van der Waals surface area (Å²) in [7, 11) is 0. The van der Waals surface area contributed by atoms with Gasteiger partial charge in [-0.1, -0.05) is 69.3 Å². The largest absolute Gasteiger partial charge is 0.480 e. The first kappa shape index (κ1) is 23.1. The van der Waals surface area contributed by atoms with Crippen molar-refractivity contribution in [2.24, 2.45) is 5.92 Å². The summed E-state index contributed by atoms with van der Waals surface area (Å²) in [5.74, 6) is -0.785. The van der Waals surface area contributed by atoms with Gasteiger partial charge in [0, 0.05) is 18.5 Å². The Labute approximate surface area is 197 Å². The van der Waals surface area contributed by atoms with Crippen molar-refractivity contribution >= 4 is 22.6 Å². The van der Waals surface area contributed by atoms with E-state index in [4.69, 9.17) is 0 Å². The molecule has 4 aromatic rings. The van der Waals surface area contributed by atoms with E-state index >= 15 is 0 Å². The summed E-state index contributed by atoms with van der Waals surface area (Å²) in [5.41, 5.74) is 3.93. The molecule has 0 fully saturated rings. The molecule has 1 amide bonds. The minimum atomic E-state index is -0.979. The molecule has 1 atom stereocenters. The first-order chi connectivity index (χ1) is 16.4. The van der Waals surface area contributed by atoms with E-state index in [0.29, 0.717) is 5.82 Å². The summed E-state index contributed by atoms with van der Waals surface area (Å²) in [4.78, 5) is 25.9. The maximum atomic E-state index is 12.6. The molecular formula is C26H27N5O3. The van der Waals surface area contributed by atoms with E-state index in [2.05, 4.69) is 32.8 Å². The third-order valence-corrected chi connectivity index (χ3v) is 5.92. The van der Waals surface area contributed by atoms with Crippen LogP contribution < -0.4 is 0 Å². The van der Waals surface area contributed by atoms with Crippen molar-refractivity contribution < 1.29 is 14.7 Å². The van der Waals surface area contributed by atoms with Crippen LogP contribution in [0.4, 0.5) is 0 Å². The molecule has 0 bridgehead atoms. The average molecular weight is 458 g/mol. The fourth-order valence-electron chi connectivity index (χ4n) is 4.19. The molecule has 0 aliphatic rings. The number of nitrogens with one attached hydrogen (secondary N) is 1. The number of carbonyl (C=O) groups excluding carboxylic acids is 1. The number of tetrazole rings is 1. The van der Waals surface area contributed by atoms with Crippen LogP contribution in [0.2, 0.25) is 0 Å². The standard InChI is InChI=1S/C26H27N5O3/c1-4-23(32)31(24(16(2)3)26(33)34)15-17-5-6-22-14-21(12-11-20(22)13-17)18-7-9-19(10-8-18)25-27-29-30-28-25/h5-14,16,24H,4,15H2,1-3H3,(H,33,34)(H,27,28,29,30). The number of carbonyl (C=O) groups is 2. The number of benzene rings is 3. The van der Waals surface area contributed by atoms with Crippen molar-refractivity contribution in [3.8, 4) is 22.5 Å². The predicted octanol–water partition coefficient (Wildman–Crippen LogP) is 4.53. The third-order valence-electron chi connectivity index (χ3n) is 5.92. The monoisotopic (exact) mass is 457 g/mol. The SMILES string of the molecule is CCC(=O)N(Cc1ccc2cc(-c3ccc(-c4nn[nH]n4)cc3)ccc2c1)C(C(=O)O)C(C)C. The first-order valence-corrected chi connectivity index (χ1v) is 11.3. The van der Waals surface area contributed by atoms with Crippen molar-refractivity contribution in [2.45, 2.75) is 39.8 Å². The maximum absolute atomic E-state index is 12.6. The van der Waals surface area contributed by atoms with Crippen molar-refractivity contribution in [3.63, 3.8) is 0 Å². The first-order valence-electron chi connectivity index (χ1n) is 11.3. The van der Waals surface area contributed by atoms with Crippen molar-refractivity contribution in [2.75, 3.05) is 0 Å². The molecule has 1 heterocycles. The second-order valence-electron chi connectivity index (χ2n) is 8.61. The summed E-state index contributed by atoms with van der Waals surface area (Å²) in [5, 5.41) is 25.9. The minimum absolute atomic E-state index is 0.166. The molecule has 0 aliphatic carbocycles. The van der Waals surface area contributed by atoms with E-state index in [1.807, 2.05) is 62.4 Å². The zero-order chi connectivity index (χ0) is 24.2. The molecule has 3 aromatic carbocycles. The molecule has 0 saturated heterocycles. The van der Waals surface area contributed by atoms with Crippen LogP contribution in [0.1, 0.15) is 32.8 Å². The van der Waals surface area contributed by atoms with Crippen LogP contribution >= 0.6 is 0 Å². The van der Waals surface area contributed by atoms with Crippen LogP contribution in [0.25, 0.3) is 33.3 Å². The average Bonchev–Trinajstić information content (AvgIpc) is 3.37. The quantitative estimate of drug-likeness (QED) is 0.402. The molecule has 1 aromatic heterocycles. The second-order valence-corrected chi connectivity index (χ2v) is 8.61. The van der Waals surface area contributed by atoms with Crippen LogP contribution in [0.15, 0.2) is 60.7 Å². The van der Waals surface area contributed by atoms with E-state index in [0.717, 1.165) is 33.0 Å². The van der Waals surface area contributed by atoms with Gasteiger partial charge in [0.25, 0.3) is 0 Å². The number of amides is 1. The van der Waals surface area contributed by atoms with Gasteiger partial charge in [-0.2, -0.15) is 5.21 Å². The number of nitrogens with zero attached hydrogens (tertiary/aromatic N) is 4. The molecule has 0 saturated carbocycles. The van der Waals surface area contributed by atoms with E-state index in [1.165, 1.54) is 4.90 Å². The van der Waals surface area contributed by atoms with Crippen molar-refractivity contribution in [1.29, 1.82) is 0 Å². The van der Waals surface area contributed by atoms with Gasteiger partial charge in [0.15, 0.2) is 0 Å². The van der Waals surface area contributed by atoms with Gasteiger partial charge >= 0.3 is 5.97 Å². The van der Waals surface area contributed by atoms with E-state index < -0.39 is 12.0 Å². The van der Waals surface area contributed by atoms with Crippen LogP contribution in [0.3, 0.4) is 0 Å². The number of hydrogen-bond acceptors (Lipinski definition) is 5. The van der Waals surface area contributed by atoms with Gasteiger partial charge in [0.1, 0.15) is 6.04 Å². The molecule has 4 rings (SSSR count). The lowest BCUT2D eigenvalue weighted by molar-refractivity contribution is -0.152. The highest BCUT2D eigenvalue weighted by Crippen LogP contribution is 2.28. The zero-order valence-electron chi connectivity index (χ0n) is 19.4. The van der Waals surface area contributed by atoms with Crippen LogP contribution in [-0.2, 0) is 16.1 Å².